The molecule has 4 N–H and O–H groups in total. The van der Waals surface area contributed by atoms with Crippen LogP contribution in [-0.4, -0.2) is 27.9 Å². The van der Waals surface area contributed by atoms with Crippen LogP contribution in [0.4, 0.5) is 9.18 Å². The summed E-state index contributed by atoms with van der Waals surface area (Å²) >= 11 is 0. The molecule has 0 spiro atoms. The largest absolute Gasteiger partial charge is 0.433 e. The topological polar surface area (TPSA) is 105 Å². The monoisotopic (exact) mass is 355 g/mol. The minimum atomic E-state index is -0.677. The first-order chi connectivity index (χ1) is 12.4. The fourth-order valence-corrected chi connectivity index (χ4v) is 2.32. The molecule has 0 atom stereocenters. The number of fused-ring (bicyclic) bond motifs is 1. The van der Waals surface area contributed by atoms with Crippen LogP contribution < -0.4 is 11.1 Å². The van der Waals surface area contributed by atoms with E-state index in [2.05, 4.69) is 20.4 Å². The molecule has 3 aromatic rings. The second-order valence-corrected chi connectivity index (χ2v) is 5.98. The molecule has 0 radical (unpaired) electrons. The highest BCUT2D eigenvalue weighted by atomic mass is 19.1. The van der Waals surface area contributed by atoms with Crippen molar-refractivity contribution < 1.29 is 14.0 Å². The van der Waals surface area contributed by atoms with Crippen LogP contribution in [0, 0.1) is 5.82 Å². The van der Waals surface area contributed by atoms with Gasteiger partial charge in [-0.15, -0.1) is 0 Å². The van der Waals surface area contributed by atoms with E-state index in [1.807, 2.05) is 0 Å². The van der Waals surface area contributed by atoms with Gasteiger partial charge >= 0.3 is 6.09 Å². The maximum atomic E-state index is 13.0. The summed E-state index contributed by atoms with van der Waals surface area (Å²) in [7, 11) is 0. The quantitative estimate of drug-likeness (QED) is 0.289. The first-order valence-corrected chi connectivity index (χ1v) is 7.99. The molecule has 1 amide bonds. The van der Waals surface area contributed by atoms with E-state index in [0.29, 0.717) is 11.4 Å². The number of oxime groups is 1. The summed E-state index contributed by atoms with van der Waals surface area (Å²) in [4.78, 5) is 23.8. The molecule has 0 aliphatic heterocycles. The average Bonchev–Trinajstić information content (AvgIpc) is 3.02. The molecule has 0 aliphatic carbocycles. The maximum absolute atomic E-state index is 13.0. The van der Waals surface area contributed by atoms with Gasteiger partial charge in [0.2, 0.25) is 0 Å². The summed E-state index contributed by atoms with van der Waals surface area (Å²) in [5.41, 5.74) is 8.66. The summed E-state index contributed by atoms with van der Waals surface area (Å²) in [5, 5.41) is 6.17. The number of aromatic amines is 1. The molecule has 8 heteroatoms. The van der Waals surface area contributed by atoms with Crippen molar-refractivity contribution in [3.63, 3.8) is 0 Å². The first-order valence-electron chi connectivity index (χ1n) is 7.99. The SMILES string of the molecule is CC(C)NC(=O)ON=C(N)c1ccc2nc(-c3ccc(F)cc3)[nH]c2c1. The number of imidazole rings is 1. The van der Waals surface area contributed by atoms with E-state index in [4.69, 9.17) is 10.6 Å². The number of amidine groups is 1. The summed E-state index contributed by atoms with van der Waals surface area (Å²) in [6.07, 6.45) is -0.677. The molecule has 3 rings (SSSR count). The van der Waals surface area contributed by atoms with Crippen LogP contribution >= 0.6 is 0 Å². The molecular formula is C18H18FN5O2. The number of nitrogens with two attached hydrogens (primary N) is 1. The van der Waals surface area contributed by atoms with Gasteiger partial charge in [0.25, 0.3) is 0 Å². The predicted octanol–water partition coefficient (Wildman–Crippen LogP) is 3.12. The van der Waals surface area contributed by atoms with Crippen molar-refractivity contribution in [2.75, 3.05) is 0 Å². The highest BCUT2D eigenvalue weighted by Crippen LogP contribution is 2.21. The molecule has 1 aromatic heterocycles. The fourth-order valence-electron chi connectivity index (χ4n) is 2.32. The van der Waals surface area contributed by atoms with Gasteiger partial charge in [0, 0.05) is 17.2 Å². The zero-order chi connectivity index (χ0) is 18.7. The normalized spacial score (nSPS) is 11.8. The van der Waals surface area contributed by atoms with Crippen LogP contribution in [0.15, 0.2) is 47.6 Å². The third kappa shape index (κ3) is 3.97. The fraction of sp³-hybridized carbons (Fsp3) is 0.167. The lowest BCUT2D eigenvalue weighted by atomic mass is 10.2. The van der Waals surface area contributed by atoms with Gasteiger partial charge in [-0.2, -0.15) is 0 Å². The van der Waals surface area contributed by atoms with Crippen LogP contribution in [-0.2, 0) is 4.84 Å². The Bertz CT molecular complexity index is 963. The number of nitrogens with one attached hydrogen (secondary N) is 2. The third-order valence-corrected chi connectivity index (χ3v) is 3.53. The van der Waals surface area contributed by atoms with E-state index < -0.39 is 6.09 Å². The summed E-state index contributed by atoms with van der Waals surface area (Å²) in [5.74, 6) is 0.363. The van der Waals surface area contributed by atoms with Crippen molar-refractivity contribution in [1.82, 2.24) is 15.3 Å². The predicted molar refractivity (Wildman–Crippen MR) is 97.0 cm³/mol. The highest BCUT2D eigenvalue weighted by Gasteiger charge is 2.09. The number of nitrogens with zero attached hydrogens (tertiary/aromatic N) is 2. The number of hydrogen-bond donors (Lipinski definition) is 3. The number of amides is 1. The van der Waals surface area contributed by atoms with Gasteiger partial charge < -0.3 is 16.0 Å². The Balaban J connectivity index is 1.82. The molecule has 0 saturated carbocycles. The van der Waals surface area contributed by atoms with Gasteiger partial charge in [0.15, 0.2) is 5.84 Å². The van der Waals surface area contributed by atoms with Gasteiger partial charge in [-0.25, -0.2) is 14.2 Å². The zero-order valence-electron chi connectivity index (χ0n) is 14.3. The van der Waals surface area contributed by atoms with Gasteiger partial charge in [-0.1, -0.05) is 5.16 Å². The highest BCUT2D eigenvalue weighted by molar-refractivity contribution is 6.00. The smallest absolute Gasteiger partial charge is 0.380 e. The Hall–Kier alpha value is -3.42. The lowest BCUT2D eigenvalue weighted by molar-refractivity contribution is 0.148. The molecule has 134 valence electrons. The molecule has 0 aliphatic rings. The Labute approximate surface area is 149 Å². The van der Waals surface area contributed by atoms with Crippen molar-refractivity contribution in [2.24, 2.45) is 10.9 Å². The van der Waals surface area contributed by atoms with Crippen molar-refractivity contribution in [2.45, 2.75) is 19.9 Å². The number of hydrogen-bond acceptors (Lipinski definition) is 4. The Morgan fingerprint density at radius 1 is 1.27 bits per heavy atom. The average molecular weight is 355 g/mol. The Kier molecular flexibility index (Phi) is 4.83. The van der Waals surface area contributed by atoms with Crippen molar-refractivity contribution in [3.8, 4) is 11.4 Å². The molecule has 2 aromatic carbocycles. The van der Waals surface area contributed by atoms with Gasteiger partial charge in [0.1, 0.15) is 11.6 Å². The van der Waals surface area contributed by atoms with E-state index in [-0.39, 0.29) is 17.7 Å². The third-order valence-electron chi connectivity index (χ3n) is 3.53. The summed E-state index contributed by atoms with van der Waals surface area (Å²) in [6, 6.07) is 11.2. The maximum Gasteiger partial charge on any atom is 0.433 e. The summed E-state index contributed by atoms with van der Waals surface area (Å²) < 4.78 is 13.0. The number of rotatable bonds is 4. The van der Waals surface area contributed by atoms with E-state index in [1.165, 1.54) is 12.1 Å². The number of H-pyrrole nitrogens is 1. The van der Waals surface area contributed by atoms with Crippen LogP contribution in [0.1, 0.15) is 19.4 Å². The molecule has 0 fully saturated rings. The van der Waals surface area contributed by atoms with Crippen LogP contribution in [0.5, 0.6) is 0 Å². The first kappa shape index (κ1) is 17.4. The second-order valence-electron chi connectivity index (χ2n) is 5.98. The summed E-state index contributed by atoms with van der Waals surface area (Å²) in [6.45, 7) is 3.61. The van der Waals surface area contributed by atoms with E-state index in [9.17, 15) is 9.18 Å². The standard InChI is InChI=1S/C18H18FN5O2/c1-10(2)21-18(25)26-24-16(20)12-5-8-14-15(9-12)23-17(22-14)11-3-6-13(19)7-4-11/h3-10H,1-2H3,(H2,20,24)(H,21,25)(H,22,23). The molecule has 1 heterocycles. The van der Waals surface area contributed by atoms with Crippen molar-refractivity contribution in [1.29, 1.82) is 0 Å². The molecule has 26 heavy (non-hydrogen) atoms. The number of halogens is 1. The van der Waals surface area contributed by atoms with E-state index in [0.717, 1.165) is 16.6 Å². The zero-order valence-corrected chi connectivity index (χ0v) is 14.3. The number of carbonyl (C=O) groups is 1. The number of benzene rings is 2. The molecule has 7 nitrogen and oxygen atoms in total. The molecule has 0 bridgehead atoms. The van der Waals surface area contributed by atoms with Gasteiger partial charge in [-0.05, 0) is 56.3 Å². The van der Waals surface area contributed by atoms with Crippen molar-refractivity contribution in [3.05, 3.63) is 53.8 Å². The Morgan fingerprint density at radius 2 is 2.00 bits per heavy atom. The number of carbonyl (C=O) groups excluding carboxylic acids is 1. The van der Waals surface area contributed by atoms with Gasteiger partial charge in [-0.3, -0.25) is 4.84 Å². The molecule has 0 saturated heterocycles. The minimum Gasteiger partial charge on any atom is -0.380 e. The van der Waals surface area contributed by atoms with Crippen LogP contribution in [0.2, 0.25) is 0 Å². The molecular weight excluding hydrogens is 337 g/mol. The lowest BCUT2D eigenvalue weighted by Gasteiger charge is -2.05. The molecule has 0 unspecified atom stereocenters. The van der Waals surface area contributed by atoms with E-state index in [1.54, 1.807) is 44.2 Å². The lowest BCUT2D eigenvalue weighted by Crippen LogP contribution is -2.30. The second kappa shape index (κ2) is 7.22. The van der Waals surface area contributed by atoms with Gasteiger partial charge in [0.05, 0.1) is 11.0 Å². The van der Waals surface area contributed by atoms with E-state index >= 15 is 0 Å². The van der Waals surface area contributed by atoms with Crippen LogP contribution in [0.3, 0.4) is 0 Å². The van der Waals surface area contributed by atoms with Crippen LogP contribution in [0.25, 0.3) is 22.4 Å². The number of aromatic nitrogens is 2. The Morgan fingerprint density at radius 3 is 2.69 bits per heavy atom. The van der Waals surface area contributed by atoms with Crippen molar-refractivity contribution >= 4 is 23.0 Å². The minimum absolute atomic E-state index is 0.0590.